The molecule has 0 amide bonds. The van der Waals surface area contributed by atoms with Crippen LogP contribution in [0.1, 0.15) is 53.4 Å². The Kier molecular flexibility index (Phi) is 8.22. The van der Waals surface area contributed by atoms with Crippen molar-refractivity contribution in [1.29, 1.82) is 0 Å². The number of phenolic OH excluding ortho intramolecular Hbond substituents is 2. The third-order valence-electron chi connectivity index (χ3n) is 6.00. The van der Waals surface area contributed by atoms with Crippen molar-refractivity contribution in [3.63, 3.8) is 0 Å². The number of aromatic hydroxyl groups is 2. The van der Waals surface area contributed by atoms with Crippen LogP contribution in [0, 0.1) is 0 Å². The number of furan rings is 1. The van der Waals surface area contributed by atoms with E-state index in [1.54, 1.807) is 0 Å². The second-order valence-electron chi connectivity index (χ2n) is 8.70. The zero-order chi connectivity index (χ0) is 26.5. The normalized spacial score (nSPS) is 11.0. The lowest BCUT2D eigenvalue weighted by Crippen LogP contribution is -2.11. The summed E-state index contributed by atoms with van der Waals surface area (Å²) in [5.74, 6) is -0.916. The Morgan fingerprint density at radius 1 is 1.08 bits per heavy atom. The summed E-state index contributed by atoms with van der Waals surface area (Å²) in [6.45, 7) is 2.08. The number of aryl methyl sites for hydroxylation is 1. The molecule has 37 heavy (non-hydrogen) atoms. The lowest BCUT2D eigenvalue weighted by molar-refractivity contribution is -0.133. The van der Waals surface area contributed by atoms with Gasteiger partial charge in [-0.1, -0.05) is 50.1 Å². The lowest BCUT2D eigenvalue weighted by Gasteiger charge is -2.10. The number of phenols is 2. The summed E-state index contributed by atoms with van der Waals surface area (Å²) in [6.07, 6.45) is 3.30. The summed E-state index contributed by atoms with van der Waals surface area (Å²) in [7, 11) is 0. The molecule has 9 heteroatoms. The standard InChI is InChI=1S/C28H27IN2O6/c1-2-3-5-10-22-26(27(34)17-12-19(30)28(35)20(13-17)31-29)18-14-21(32)24(15-23(18)36-22)37-25(33)11-16-8-6-4-7-9-16/h4,6-9,12-15,31-32,35H,2-3,5,10-11,30H2,1H3. The van der Waals surface area contributed by atoms with Crippen molar-refractivity contribution in [2.75, 3.05) is 9.26 Å². The van der Waals surface area contributed by atoms with Gasteiger partial charge in [0.05, 0.1) is 46.2 Å². The minimum absolute atomic E-state index is 0.0396. The quantitative estimate of drug-likeness (QED) is 0.0239. The number of nitrogens with one attached hydrogen (secondary N) is 1. The molecule has 0 aliphatic carbocycles. The van der Waals surface area contributed by atoms with Crippen molar-refractivity contribution < 1.29 is 29.0 Å². The first kappa shape index (κ1) is 26.3. The maximum absolute atomic E-state index is 13.7. The average molecular weight is 614 g/mol. The SMILES string of the molecule is CCCCCc1oc2cc(OC(=O)Cc3ccccc3)c(O)cc2c1C(=O)c1cc(N)c(O)c(NI)c1. The van der Waals surface area contributed by atoms with Gasteiger partial charge in [0, 0.05) is 23.4 Å². The number of unbranched alkanes of at least 4 members (excludes halogenated alkanes) is 2. The van der Waals surface area contributed by atoms with Crippen molar-refractivity contribution in [2.24, 2.45) is 0 Å². The van der Waals surface area contributed by atoms with Crippen LogP contribution < -0.4 is 14.0 Å². The van der Waals surface area contributed by atoms with Crippen LogP contribution >= 0.6 is 22.9 Å². The van der Waals surface area contributed by atoms with Gasteiger partial charge in [0.25, 0.3) is 0 Å². The van der Waals surface area contributed by atoms with Crippen LogP contribution in [0.15, 0.2) is 59.0 Å². The van der Waals surface area contributed by atoms with Crippen LogP contribution in [-0.4, -0.2) is 22.0 Å². The number of anilines is 2. The van der Waals surface area contributed by atoms with Gasteiger partial charge in [-0.05, 0) is 30.2 Å². The van der Waals surface area contributed by atoms with E-state index in [0.717, 1.165) is 24.8 Å². The molecule has 192 valence electrons. The molecule has 0 saturated heterocycles. The highest BCUT2D eigenvalue weighted by molar-refractivity contribution is 14.1. The minimum atomic E-state index is -0.537. The molecule has 0 aliphatic rings. The molecule has 3 aromatic carbocycles. The molecule has 0 spiro atoms. The zero-order valence-electron chi connectivity index (χ0n) is 20.2. The van der Waals surface area contributed by atoms with Crippen LogP contribution in [0.5, 0.6) is 17.2 Å². The van der Waals surface area contributed by atoms with Gasteiger partial charge in [0.2, 0.25) is 0 Å². The van der Waals surface area contributed by atoms with Gasteiger partial charge in [-0.2, -0.15) is 0 Å². The van der Waals surface area contributed by atoms with E-state index < -0.39 is 5.97 Å². The number of halogens is 1. The average Bonchev–Trinajstić information content (AvgIpc) is 3.22. The molecule has 8 nitrogen and oxygen atoms in total. The smallest absolute Gasteiger partial charge is 0.315 e. The fourth-order valence-corrected chi connectivity index (χ4v) is 4.54. The van der Waals surface area contributed by atoms with Crippen LogP contribution in [0.2, 0.25) is 0 Å². The van der Waals surface area contributed by atoms with Gasteiger partial charge in [0.1, 0.15) is 11.3 Å². The molecule has 0 saturated carbocycles. The Balaban J connectivity index is 1.73. The van der Waals surface area contributed by atoms with Gasteiger partial charge in [-0.25, -0.2) is 0 Å². The Hall–Kier alpha value is -3.73. The number of nitrogen functional groups attached to an aromatic ring is 1. The first-order valence-corrected chi connectivity index (χ1v) is 13.0. The van der Waals surface area contributed by atoms with E-state index in [2.05, 4.69) is 10.5 Å². The van der Waals surface area contributed by atoms with E-state index in [-0.39, 0.29) is 40.7 Å². The summed E-state index contributed by atoms with van der Waals surface area (Å²) in [5.41, 5.74) is 7.94. The van der Waals surface area contributed by atoms with E-state index in [1.165, 1.54) is 24.3 Å². The highest BCUT2D eigenvalue weighted by Crippen LogP contribution is 2.39. The molecular formula is C28H27IN2O6. The topological polar surface area (TPSA) is 135 Å². The third kappa shape index (κ3) is 5.82. The summed E-state index contributed by atoms with van der Waals surface area (Å²) in [5, 5.41) is 21.2. The van der Waals surface area contributed by atoms with Gasteiger partial charge in [-0.3, -0.25) is 9.59 Å². The maximum atomic E-state index is 13.7. The molecule has 5 N–H and O–H groups in total. The number of benzene rings is 3. The van der Waals surface area contributed by atoms with Crippen LogP contribution in [-0.2, 0) is 17.6 Å². The minimum Gasteiger partial charge on any atom is -0.504 e. The predicted molar refractivity (Wildman–Crippen MR) is 150 cm³/mol. The maximum Gasteiger partial charge on any atom is 0.315 e. The Labute approximate surface area is 227 Å². The largest absolute Gasteiger partial charge is 0.504 e. The number of carbonyl (C=O) groups is 2. The zero-order valence-corrected chi connectivity index (χ0v) is 22.4. The Morgan fingerprint density at radius 3 is 2.54 bits per heavy atom. The summed E-state index contributed by atoms with van der Waals surface area (Å²) < 4.78 is 14.3. The number of hydrogen-bond donors (Lipinski definition) is 4. The number of ether oxygens (including phenoxy) is 1. The summed E-state index contributed by atoms with van der Waals surface area (Å²) in [6, 6.07) is 14.9. The molecule has 0 unspecified atom stereocenters. The number of ketones is 1. The van der Waals surface area contributed by atoms with Crippen molar-refractivity contribution >= 4 is 57.0 Å². The van der Waals surface area contributed by atoms with Gasteiger partial charge in [0.15, 0.2) is 23.0 Å². The number of fused-ring (bicyclic) bond motifs is 1. The van der Waals surface area contributed by atoms with Crippen LogP contribution in [0.4, 0.5) is 11.4 Å². The highest BCUT2D eigenvalue weighted by Gasteiger charge is 2.25. The molecule has 4 aromatic rings. The monoisotopic (exact) mass is 614 g/mol. The fourth-order valence-electron chi connectivity index (χ4n) is 4.13. The molecule has 0 bridgehead atoms. The van der Waals surface area contributed by atoms with E-state index in [4.69, 9.17) is 14.9 Å². The molecule has 1 aromatic heterocycles. The number of nitrogens with two attached hydrogens (primary N) is 1. The van der Waals surface area contributed by atoms with Crippen molar-refractivity contribution in [3.8, 4) is 17.2 Å². The summed E-state index contributed by atoms with van der Waals surface area (Å²) >= 11 is 1.85. The van der Waals surface area contributed by atoms with Crippen molar-refractivity contribution in [2.45, 2.75) is 39.0 Å². The first-order chi connectivity index (χ1) is 17.8. The summed E-state index contributed by atoms with van der Waals surface area (Å²) in [4.78, 5) is 26.2. The van der Waals surface area contributed by atoms with Crippen molar-refractivity contribution in [3.05, 3.63) is 77.0 Å². The second-order valence-corrected chi connectivity index (χ2v) is 9.23. The number of carbonyl (C=O) groups excluding carboxylic acids is 2. The van der Waals surface area contributed by atoms with E-state index in [0.29, 0.717) is 34.4 Å². The molecule has 4 rings (SSSR count). The van der Waals surface area contributed by atoms with Crippen LogP contribution in [0.3, 0.4) is 0 Å². The van der Waals surface area contributed by atoms with E-state index >= 15 is 0 Å². The highest BCUT2D eigenvalue weighted by atomic mass is 127. The number of rotatable bonds is 10. The Morgan fingerprint density at radius 2 is 1.84 bits per heavy atom. The van der Waals surface area contributed by atoms with Gasteiger partial charge in [-0.15, -0.1) is 0 Å². The van der Waals surface area contributed by atoms with Crippen molar-refractivity contribution in [1.82, 2.24) is 0 Å². The van der Waals surface area contributed by atoms with Crippen LogP contribution in [0.25, 0.3) is 11.0 Å². The molecule has 1 heterocycles. The molecule has 0 aliphatic heterocycles. The fraction of sp³-hybridized carbons (Fsp3) is 0.214. The third-order valence-corrected chi connectivity index (χ3v) is 6.58. The first-order valence-electron chi connectivity index (χ1n) is 11.9. The van der Waals surface area contributed by atoms with E-state index in [1.807, 2.05) is 53.2 Å². The lowest BCUT2D eigenvalue weighted by atomic mass is 9.97. The second kappa shape index (κ2) is 11.5. The number of esters is 1. The molecule has 0 radical (unpaired) electrons. The Bertz CT molecular complexity index is 1450. The van der Waals surface area contributed by atoms with Gasteiger partial charge >= 0.3 is 5.97 Å². The molecule has 0 atom stereocenters. The molecular weight excluding hydrogens is 587 g/mol. The predicted octanol–water partition coefficient (Wildman–Crippen LogP) is 6.30. The number of hydrogen-bond acceptors (Lipinski definition) is 8. The molecule has 0 fully saturated rings. The van der Waals surface area contributed by atoms with E-state index in [9.17, 15) is 19.8 Å². The van der Waals surface area contributed by atoms with Gasteiger partial charge < -0.3 is 28.6 Å².